The molecule has 0 saturated carbocycles. The van der Waals surface area contributed by atoms with Gasteiger partial charge in [0.25, 0.3) is 15.9 Å². The third kappa shape index (κ3) is 4.43. The fourth-order valence-corrected chi connectivity index (χ4v) is 4.27. The molecule has 2 aromatic rings. The number of carbonyl (C=O) groups is 1. The van der Waals surface area contributed by atoms with Crippen molar-refractivity contribution in [3.8, 4) is 0 Å². The number of hydrogen-bond acceptors (Lipinski definition) is 4. The zero-order chi connectivity index (χ0) is 18.7. The topological polar surface area (TPSA) is 69.7 Å². The van der Waals surface area contributed by atoms with Gasteiger partial charge in [0.15, 0.2) is 0 Å². The molecule has 0 spiro atoms. The largest absolute Gasteiger partial charge is 0.333 e. The van der Waals surface area contributed by atoms with E-state index in [0.29, 0.717) is 17.8 Å². The van der Waals surface area contributed by atoms with Crippen molar-refractivity contribution >= 4 is 34.0 Å². The Kier molecular flexibility index (Phi) is 6.86. The lowest BCUT2D eigenvalue weighted by atomic mass is 10.1. The Hall–Kier alpha value is -2.09. The van der Waals surface area contributed by atoms with E-state index in [0.717, 1.165) is 13.1 Å². The normalized spacial score (nSPS) is 17.1. The molecule has 0 aromatic heterocycles. The zero-order valence-electron chi connectivity index (χ0n) is 15.3. The molecule has 0 radical (unpaired) electrons. The van der Waals surface area contributed by atoms with Gasteiger partial charge in [0.05, 0.1) is 10.6 Å². The maximum atomic E-state index is 12.9. The number of hydrogen-bond donors (Lipinski definition) is 1. The number of anilines is 1. The van der Waals surface area contributed by atoms with Crippen LogP contribution in [0.15, 0.2) is 59.5 Å². The summed E-state index contributed by atoms with van der Waals surface area (Å²) in [5.41, 5.74) is 0.959. The molecule has 1 aliphatic heterocycles. The third-order valence-electron chi connectivity index (χ3n) is 4.62. The van der Waals surface area contributed by atoms with Crippen LogP contribution in [0, 0.1) is 0 Å². The molecule has 1 N–H and O–H groups in total. The van der Waals surface area contributed by atoms with Gasteiger partial charge in [-0.15, -0.1) is 12.4 Å². The molecule has 8 heteroatoms. The van der Waals surface area contributed by atoms with Crippen LogP contribution >= 0.6 is 12.4 Å². The number of amides is 1. The quantitative estimate of drug-likeness (QED) is 0.841. The first-order valence-corrected chi connectivity index (χ1v) is 10.0. The average Bonchev–Trinajstić information content (AvgIpc) is 2.68. The lowest BCUT2D eigenvalue weighted by molar-refractivity contribution is 0.0655. The molecule has 1 heterocycles. The van der Waals surface area contributed by atoms with Gasteiger partial charge in [-0.05, 0) is 37.3 Å². The number of sulfonamides is 1. The van der Waals surface area contributed by atoms with Gasteiger partial charge in [0, 0.05) is 38.3 Å². The van der Waals surface area contributed by atoms with Crippen LogP contribution in [0.4, 0.5) is 5.69 Å². The molecule has 0 aliphatic carbocycles. The first-order chi connectivity index (χ1) is 12.4. The maximum Gasteiger partial charge on any atom is 0.264 e. The van der Waals surface area contributed by atoms with Gasteiger partial charge >= 0.3 is 0 Å². The van der Waals surface area contributed by atoms with E-state index in [4.69, 9.17) is 0 Å². The minimum atomic E-state index is -3.74. The van der Waals surface area contributed by atoms with E-state index in [1.54, 1.807) is 41.3 Å². The van der Waals surface area contributed by atoms with Crippen molar-refractivity contribution in [3.05, 3.63) is 60.2 Å². The zero-order valence-corrected chi connectivity index (χ0v) is 17.0. The van der Waals surface area contributed by atoms with E-state index in [9.17, 15) is 13.2 Å². The molecule has 27 heavy (non-hydrogen) atoms. The number of nitrogens with one attached hydrogen (secondary N) is 1. The van der Waals surface area contributed by atoms with Crippen LogP contribution in [0.5, 0.6) is 0 Å². The number of rotatable bonds is 4. The van der Waals surface area contributed by atoms with Gasteiger partial charge in [0.1, 0.15) is 0 Å². The molecular formula is C19H24ClN3O3S. The number of piperazine rings is 1. The van der Waals surface area contributed by atoms with E-state index < -0.39 is 10.0 Å². The van der Waals surface area contributed by atoms with Gasteiger partial charge in [-0.1, -0.05) is 24.3 Å². The van der Waals surface area contributed by atoms with Crippen LogP contribution in [-0.4, -0.2) is 51.9 Å². The summed E-state index contributed by atoms with van der Waals surface area (Å²) in [6, 6.07) is 15.2. The SMILES string of the molecule is C[C@H]1CNCCN1C(=O)c1cccc(S(=O)(=O)N(C)c2ccccc2)c1.Cl. The number of carbonyl (C=O) groups excluding carboxylic acids is 1. The van der Waals surface area contributed by atoms with Crippen molar-refractivity contribution in [1.29, 1.82) is 0 Å². The Bertz CT molecular complexity index is 890. The van der Waals surface area contributed by atoms with Gasteiger partial charge in [-0.2, -0.15) is 0 Å². The van der Waals surface area contributed by atoms with Crippen molar-refractivity contribution in [1.82, 2.24) is 10.2 Å². The van der Waals surface area contributed by atoms with Crippen molar-refractivity contribution < 1.29 is 13.2 Å². The number of benzene rings is 2. The van der Waals surface area contributed by atoms with E-state index >= 15 is 0 Å². The van der Waals surface area contributed by atoms with E-state index in [1.165, 1.54) is 23.5 Å². The molecule has 6 nitrogen and oxygen atoms in total. The first kappa shape index (κ1) is 21.2. The highest BCUT2D eigenvalue weighted by Crippen LogP contribution is 2.23. The predicted octanol–water partition coefficient (Wildman–Crippen LogP) is 2.37. The molecular weight excluding hydrogens is 386 g/mol. The summed E-state index contributed by atoms with van der Waals surface area (Å²) >= 11 is 0. The monoisotopic (exact) mass is 409 g/mol. The predicted molar refractivity (Wildman–Crippen MR) is 109 cm³/mol. The maximum absolute atomic E-state index is 12.9. The molecule has 2 aromatic carbocycles. The standard InChI is InChI=1S/C19H23N3O3S.ClH/c1-15-14-20-11-12-22(15)19(23)16-7-6-10-18(13-16)26(24,25)21(2)17-8-4-3-5-9-17;/h3-10,13,15,20H,11-12,14H2,1-2H3;1H/t15-;/m0./s1. The second-order valence-corrected chi connectivity index (χ2v) is 8.36. The molecule has 1 aliphatic rings. The molecule has 146 valence electrons. The van der Waals surface area contributed by atoms with Gasteiger partial charge < -0.3 is 10.2 Å². The van der Waals surface area contributed by atoms with Crippen LogP contribution < -0.4 is 9.62 Å². The summed E-state index contributed by atoms with van der Waals surface area (Å²) in [6.45, 7) is 4.07. The molecule has 3 rings (SSSR count). The van der Waals surface area contributed by atoms with Crippen molar-refractivity contribution in [2.75, 3.05) is 31.0 Å². The lowest BCUT2D eigenvalue weighted by Gasteiger charge is -2.34. The Labute approximate surface area is 166 Å². The summed E-state index contributed by atoms with van der Waals surface area (Å²) < 4.78 is 27.1. The first-order valence-electron chi connectivity index (χ1n) is 8.57. The number of nitrogens with zero attached hydrogens (tertiary/aromatic N) is 2. The van der Waals surface area contributed by atoms with Crippen LogP contribution in [0.3, 0.4) is 0 Å². The highest BCUT2D eigenvalue weighted by atomic mass is 35.5. The van der Waals surface area contributed by atoms with Crippen LogP contribution in [-0.2, 0) is 10.0 Å². The second kappa shape index (κ2) is 8.73. The van der Waals surface area contributed by atoms with Gasteiger partial charge in [-0.25, -0.2) is 8.42 Å². The lowest BCUT2D eigenvalue weighted by Crippen LogP contribution is -2.52. The number of halogens is 1. The smallest absolute Gasteiger partial charge is 0.264 e. The van der Waals surface area contributed by atoms with Gasteiger partial charge in [0.2, 0.25) is 0 Å². The van der Waals surface area contributed by atoms with Crippen LogP contribution in [0.1, 0.15) is 17.3 Å². The Morgan fingerprint density at radius 3 is 2.52 bits per heavy atom. The molecule has 1 amide bonds. The fourth-order valence-electron chi connectivity index (χ4n) is 3.03. The summed E-state index contributed by atoms with van der Waals surface area (Å²) in [5.74, 6) is -0.140. The summed E-state index contributed by atoms with van der Waals surface area (Å²) in [5, 5.41) is 3.24. The Morgan fingerprint density at radius 1 is 1.15 bits per heavy atom. The number of para-hydroxylation sites is 1. The fraction of sp³-hybridized carbons (Fsp3) is 0.316. The average molecular weight is 410 g/mol. The third-order valence-corrected chi connectivity index (χ3v) is 6.40. The Balaban J connectivity index is 0.00000261. The highest BCUT2D eigenvalue weighted by molar-refractivity contribution is 7.92. The molecule has 1 atom stereocenters. The molecule has 0 bridgehead atoms. The summed E-state index contributed by atoms with van der Waals surface area (Å²) in [7, 11) is -2.23. The minimum Gasteiger partial charge on any atom is -0.333 e. The highest BCUT2D eigenvalue weighted by Gasteiger charge is 2.26. The summed E-state index contributed by atoms with van der Waals surface area (Å²) in [4.78, 5) is 14.7. The Morgan fingerprint density at radius 2 is 1.85 bits per heavy atom. The van der Waals surface area contributed by atoms with E-state index in [-0.39, 0.29) is 29.3 Å². The molecule has 1 fully saturated rings. The molecule has 0 unspecified atom stereocenters. The minimum absolute atomic E-state index is 0. The van der Waals surface area contributed by atoms with Crippen LogP contribution in [0.25, 0.3) is 0 Å². The van der Waals surface area contributed by atoms with E-state index in [2.05, 4.69) is 5.32 Å². The van der Waals surface area contributed by atoms with Crippen molar-refractivity contribution in [3.63, 3.8) is 0 Å². The summed E-state index contributed by atoms with van der Waals surface area (Å²) in [6.07, 6.45) is 0. The van der Waals surface area contributed by atoms with Crippen molar-refractivity contribution in [2.45, 2.75) is 17.9 Å². The van der Waals surface area contributed by atoms with Gasteiger partial charge in [-0.3, -0.25) is 9.10 Å². The van der Waals surface area contributed by atoms with Crippen molar-refractivity contribution in [2.24, 2.45) is 0 Å². The second-order valence-electron chi connectivity index (χ2n) is 6.39. The van der Waals surface area contributed by atoms with Crippen LogP contribution in [0.2, 0.25) is 0 Å². The molecule has 1 saturated heterocycles. The van der Waals surface area contributed by atoms with E-state index in [1.807, 2.05) is 13.0 Å².